The van der Waals surface area contributed by atoms with Gasteiger partial charge in [-0.15, -0.1) is 0 Å². The summed E-state index contributed by atoms with van der Waals surface area (Å²) in [5.74, 6) is -2.76. The number of aromatic nitrogens is 2. The number of hydrogen-bond acceptors (Lipinski definition) is 4. The number of aliphatic carboxylic acids is 1. The molecule has 0 aliphatic carbocycles. The number of anilines is 1. The van der Waals surface area contributed by atoms with E-state index in [1.54, 1.807) is 0 Å². The number of carbonyl (C=O) groups is 1. The standard InChI is InChI=1S/C11H17F3N4.C2HF3O2/c1-17-4-2-9(3-5-17)16-10-6-15-18(7-10)8-11(12,13)14;3-2(4,5)1(6)7/h6-7,9,16H,2-5,8H2,1H3;(H,6,7). The molecular weight excluding hydrogens is 358 g/mol. The molecule has 1 fully saturated rings. The van der Waals surface area contributed by atoms with Crippen LogP contribution in [0.3, 0.4) is 0 Å². The maximum absolute atomic E-state index is 12.2. The van der Waals surface area contributed by atoms with Crippen molar-refractivity contribution < 1.29 is 36.2 Å². The van der Waals surface area contributed by atoms with Crippen molar-refractivity contribution in [1.82, 2.24) is 14.7 Å². The zero-order valence-electron chi connectivity index (χ0n) is 13.2. The van der Waals surface area contributed by atoms with E-state index < -0.39 is 24.9 Å². The normalized spacial score (nSPS) is 16.9. The van der Waals surface area contributed by atoms with Crippen LogP contribution in [0.2, 0.25) is 0 Å². The number of carboxylic acid groups (broad SMARTS) is 1. The molecule has 1 aromatic heterocycles. The molecule has 0 saturated carbocycles. The Hall–Kier alpha value is -1.98. The Labute approximate surface area is 139 Å². The third-order valence-electron chi connectivity index (χ3n) is 3.31. The molecule has 0 spiro atoms. The minimum Gasteiger partial charge on any atom is -0.475 e. The third kappa shape index (κ3) is 8.61. The highest BCUT2D eigenvalue weighted by Gasteiger charge is 2.38. The van der Waals surface area contributed by atoms with Gasteiger partial charge in [0.1, 0.15) is 6.54 Å². The van der Waals surface area contributed by atoms with Crippen LogP contribution in [0.25, 0.3) is 0 Å². The summed E-state index contributed by atoms with van der Waals surface area (Å²) < 4.78 is 69.1. The fraction of sp³-hybridized carbons (Fsp3) is 0.692. The summed E-state index contributed by atoms with van der Waals surface area (Å²) in [6.07, 6.45) is -4.45. The SMILES string of the molecule is CN1CCC(Nc2cnn(CC(F)(F)F)c2)CC1.O=C(O)C(F)(F)F. The summed E-state index contributed by atoms with van der Waals surface area (Å²) in [7, 11) is 2.07. The largest absolute Gasteiger partial charge is 0.490 e. The first-order chi connectivity index (χ1) is 11.4. The van der Waals surface area contributed by atoms with Gasteiger partial charge in [-0.1, -0.05) is 0 Å². The summed E-state index contributed by atoms with van der Waals surface area (Å²) in [4.78, 5) is 11.1. The van der Waals surface area contributed by atoms with Crippen molar-refractivity contribution >= 4 is 11.7 Å². The zero-order valence-corrected chi connectivity index (χ0v) is 13.2. The highest BCUT2D eigenvalue weighted by atomic mass is 19.4. The van der Waals surface area contributed by atoms with Gasteiger partial charge in [-0.2, -0.15) is 31.4 Å². The van der Waals surface area contributed by atoms with Gasteiger partial charge in [0.2, 0.25) is 0 Å². The van der Waals surface area contributed by atoms with Crippen LogP contribution in [0.1, 0.15) is 12.8 Å². The van der Waals surface area contributed by atoms with Crippen LogP contribution in [0.4, 0.5) is 32.0 Å². The first kappa shape index (κ1) is 21.1. The minimum atomic E-state index is -5.08. The van der Waals surface area contributed by atoms with Gasteiger partial charge in [0, 0.05) is 12.2 Å². The molecule has 0 atom stereocenters. The van der Waals surface area contributed by atoms with E-state index >= 15 is 0 Å². The van der Waals surface area contributed by atoms with Crippen LogP contribution >= 0.6 is 0 Å². The number of nitrogens with zero attached hydrogens (tertiary/aromatic N) is 3. The Bertz CT molecular complexity index is 549. The zero-order chi connectivity index (χ0) is 19.3. The molecule has 2 N–H and O–H groups in total. The molecule has 25 heavy (non-hydrogen) atoms. The molecule has 0 unspecified atom stereocenters. The number of rotatable bonds is 3. The molecule has 0 amide bonds. The fourth-order valence-corrected chi connectivity index (χ4v) is 2.10. The molecule has 1 aromatic rings. The van der Waals surface area contributed by atoms with Crippen molar-refractivity contribution in [2.24, 2.45) is 0 Å². The van der Waals surface area contributed by atoms with Gasteiger partial charge in [0.15, 0.2) is 0 Å². The molecule has 2 heterocycles. The highest BCUT2D eigenvalue weighted by molar-refractivity contribution is 5.73. The summed E-state index contributed by atoms with van der Waals surface area (Å²) >= 11 is 0. The van der Waals surface area contributed by atoms with Crippen molar-refractivity contribution in [1.29, 1.82) is 0 Å². The highest BCUT2D eigenvalue weighted by Crippen LogP contribution is 2.19. The second-order valence-corrected chi connectivity index (χ2v) is 5.57. The molecular formula is C13H18F6N4O2. The maximum atomic E-state index is 12.2. The number of alkyl halides is 6. The van der Waals surface area contributed by atoms with Gasteiger partial charge in [0.05, 0.1) is 11.9 Å². The predicted octanol–water partition coefficient (Wildman–Crippen LogP) is 2.58. The molecule has 1 saturated heterocycles. The summed E-state index contributed by atoms with van der Waals surface area (Å²) in [5, 5.41) is 14.1. The number of piperidine rings is 1. The van der Waals surface area contributed by atoms with E-state index in [1.807, 2.05) is 0 Å². The topological polar surface area (TPSA) is 70.4 Å². The number of likely N-dealkylation sites (tertiary alicyclic amines) is 1. The van der Waals surface area contributed by atoms with Crippen LogP contribution in [0, 0.1) is 0 Å². The van der Waals surface area contributed by atoms with E-state index in [9.17, 15) is 26.3 Å². The molecule has 0 bridgehead atoms. The summed E-state index contributed by atoms with van der Waals surface area (Å²) in [5.41, 5.74) is 0.661. The third-order valence-corrected chi connectivity index (χ3v) is 3.31. The molecule has 144 valence electrons. The van der Waals surface area contributed by atoms with Gasteiger partial charge >= 0.3 is 18.3 Å². The molecule has 12 heteroatoms. The Morgan fingerprint density at radius 2 is 1.80 bits per heavy atom. The summed E-state index contributed by atoms with van der Waals surface area (Å²) in [6, 6.07) is 0.324. The van der Waals surface area contributed by atoms with Gasteiger partial charge in [-0.3, -0.25) is 4.68 Å². The average Bonchev–Trinajstić information content (AvgIpc) is 2.86. The van der Waals surface area contributed by atoms with Crippen molar-refractivity contribution in [3.05, 3.63) is 12.4 Å². The minimum absolute atomic E-state index is 0.324. The molecule has 1 aliphatic rings. The molecule has 2 rings (SSSR count). The first-order valence-electron chi connectivity index (χ1n) is 7.21. The van der Waals surface area contributed by atoms with Gasteiger partial charge in [0.25, 0.3) is 0 Å². The van der Waals surface area contributed by atoms with Crippen LogP contribution < -0.4 is 5.32 Å². The maximum Gasteiger partial charge on any atom is 0.490 e. The second-order valence-electron chi connectivity index (χ2n) is 5.57. The average molecular weight is 376 g/mol. The Morgan fingerprint density at radius 1 is 1.28 bits per heavy atom. The summed E-state index contributed by atoms with van der Waals surface area (Å²) in [6.45, 7) is 0.977. The predicted molar refractivity (Wildman–Crippen MR) is 76.1 cm³/mol. The van der Waals surface area contributed by atoms with Crippen molar-refractivity contribution in [3.63, 3.8) is 0 Å². The number of hydrogen-bond donors (Lipinski definition) is 2. The number of carboxylic acids is 1. The molecule has 0 aromatic carbocycles. The monoisotopic (exact) mass is 376 g/mol. The van der Waals surface area contributed by atoms with Gasteiger partial charge in [-0.05, 0) is 33.0 Å². The molecule has 6 nitrogen and oxygen atoms in total. The fourth-order valence-electron chi connectivity index (χ4n) is 2.10. The lowest BCUT2D eigenvalue weighted by molar-refractivity contribution is -0.192. The Balaban J connectivity index is 0.000000381. The van der Waals surface area contributed by atoms with E-state index in [-0.39, 0.29) is 0 Å². The van der Waals surface area contributed by atoms with Crippen LogP contribution in [0.5, 0.6) is 0 Å². The lowest BCUT2D eigenvalue weighted by Crippen LogP contribution is -2.36. The lowest BCUT2D eigenvalue weighted by Gasteiger charge is -2.29. The van der Waals surface area contributed by atoms with Crippen LogP contribution in [0.15, 0.2) is 12.4 Å². The molecule has 0 radical (unpaired) electrons. The van der Waals surface area contributed by atoms with Crippen LogP contribution in [-0.4, -0.2) is 64.3 Å². The Morgan fingerprint density at radius 3 is 2.24 bits per heavy atom. The van der Waals surface area contributed by atoms with Crippen LogP contribution in [-0.2, 0) is 11.3 Å². The Kier molecular flexibility index (Phi) is 7.08. The van der Waals surface area contributed by atoms with Gasteiger partial charge in [-0.25, -0.2) is 4.79 Å². The van der Waals surface area contributed by atoms with Crippen molar-refractivity contribution in [3.8, 4) is 0 Å². The van der Waals surface area contributed by atoms with E-state index in [0.717, 1.165) is 30.6 Å². The van der Waals surface area contributed by atoms with E-state index in [0.29, 0.717) is 11.7 Å². The van der Waals surface area contributed by atoms with E-state index in [4.69, 9.17) is 9.90 Å². The second kappa shape index (κ2) is 8.41. The smallest absolute Gasteiger partial charge is 0.475 e. The lowest BCUT2D eigenvalue weighted by atomic mass is 10.1. The van der Waals surface area contributed by atoms with E-state index in [2.05, 4.69) is 22.4 Å². The number of nitrogens with one attached hydrogen (secondary N) is 1. The van der Waals surface area contributed by atoms with E-state index in [1.165, 1.54) is 12.4 Å². The van der Waals surface area contributed by atoms with Gasteiger partial charge < -0.3 is 15.3 Å². The first-order valence-corrected chi connectivity index (χ1v) is 7.21. The van der Waals surface area contributed by atoms with Crippen molar-refractivity contribution in [2.75, 3.05) is 25.5 Å². The quantitative estimate of drug-likeness (QED) is 0.794. The molecule has 1 aliphatic heterocycles. The number of halogens is 6. The van der Waals surface area contributed by atoms with Crippen molar-refractivity contribution in [2.45, 2.75) is 37.8 Å².